The highest BCUT2D eigenvalue weighted by molar-refractivity contribution is 5.51. The lowest BCUT2D eigenvalue weighted by atomic mass is 10.0. The molecule has 0 saturated heterocycles. The van der Waals surface area contributed by atoms with Crippen LogP contribution in [0.25, 0.3) is 0 Å². The minimum Gasteiger partial charge on any atom is -0.418 e. The van der Waals surface area contributed by atoms with Gasteiger partial charge in [-0.05, 0) is 43.5 Å². The van der Waals surface area contributed by atoms with Crippen LogP contribution in [0.2, 0.25) is 0 Å². The van der Waals surface area contributed by atoms with Gasteiger partial charge in [-0.25, -0.2) is 4.79 Å². The van der Waals surface area contributed by atoms with Gasteiger partial charge in [0.25, 0.3) is 0 Å². The summed E-state index contributed by atoms with van der Waals surface area (Å²) < 4.78 is 4.67. The van der Waals surface area contributed by atoms with Gasteiger partial charge >= 0.3 is 6.47 Å². The van der Waals surface area contributed by atoms with Crippen molar-refractivity contribution in [3.05, 3.63) is 28.8 Å². The minimum atomic E-state index is 0.591. The SMILES string of the molecule is Cc1ccc(O[C]=O)c(C)c1C. The molecule has 2 nitrogen and oxygen atoms in total. The summed E-state index contributed by atoms with van der Waals surface area (Å²) in [6.07, 6.45) is 0. The summed E-state index contributed by atoms with van der Waals surface area (Å²) in [5.41, 5.74) is 3.35. The zero-order valence-electron chi connectivity index (χ0n) is 7.47. The van der Waals surface area contributed by atoms with E-state index in [-0.39, 0.29) is 0 Å². The molecular weight excluding hydrogens is 152 g/mol. The molecule has 0 fully saturated rings. The van der Waals surface area contributed by atoms with Crippen LogP contribution >= 0.6 is 0 Å². The van der Waals surface area contributed by atoms with E-state index < -0.39 is 0 Å². The fraction of sp³-hybridized carbons (Fsp3) is 0.300. The van der Waals surface area contributed by atoms with Crippen LogP contribution in [0.15, 0.2) is 12.1 Å². The van der Waals surface area contributed by atoms with Gasteiger partial charge < -0.3 is 4.74 Å². The Morgan fingerprint density at radius 1 is 1.17 bits per heavy atom. The van der Waals surface area contributed by atoms with Gasteiger partial charge in [0.15, 0.2) is 0 Å². The largest absolute Gasteiger partial charge is 0.423 e. The van der Waals surface area contributed by atoms with E-state index >= 15 is 0 Å². The number of hydrogen-bond donors (Lipinski definition) is 0. The molecule has 0 amide bonds. The first-order valence-corrected chi connectivity index (χ1v) is 3.77. The molecular formula is C10H11O2. The minimum absolute atomic E-state index is 0.591. The first-order valence-electron chi connectivity index (χ1n) is 3.77. The monoisotopic (exact) mass is 163 g/mol. The molecule has 2 heteroatoms. The Hall–Kier alpha value is -1.31. The van der Waals surface area contributed by atoms with Crippen molar-refractivity contribution in [1.82, 2.24) is 0 Å². The molecule has 0 unspecified atom stereocenters. The quantitative estimate of drug-likeness (QED) is 0.667. The van der Waals surface area contributed by atoms with E-state index in [1.54, 1.807) is 6.07 Å². The number of ether oxygens (including phenoxy) is 1. The van der Waals surface area contributed by atoms with E-state index in [9.17, 15) is 4.79 Å². The second-order valence-corrected chi connectivity index (χ2v) is 2.82. The van der Waals surface area contributed by atoms with Crippen molar-refractivity contribution in [3.8, 4) is 5.75 Å². The van der Waals surface area contributed by atoms with Crippen LogP contribution in [0.4, 0.5) is 0 Å². The molecule has 0 spiro atoms. The predicted octanol–water partition coefficient (Wildman–Crippen LogP) is 2.06. The molecule has 0 aliphatic heterocycles. The Morgan fingerprint density at radius 2 is 1.83 bits per heavy atom. The van der Waals surface area contributed by atoms with Crippen molar-refractivity contribution in [1.29, 1.82) is 0 Å². The van der Waals surface area contributed by atoms with Crippen LogP contribution in [0, 0.1) is 20.8 Å². The average molecular weight is 163 g/mol. The lowest BCUT2D eigenvalue weighted by Gasteiger charge is -2.07. The topological polar surface area (TPSA) is 26.3 Å². The van der Waals surface area contributed by atoms with Crippen LogP contribution in [0.5, 0.6) is 5.75 Å². The predicted molar refractivity (Wildman–Crippen MR) is 47.0 cm³/mol. The number of aryl methyl sites for hydroxylation is 1. The number of benzene rings is 1. The molecule has 0 aliphatic rings. The summed E-state index contributed by atoms with van der Waals surface area (Å²) in [4.78, 5) is 9.98. The van der Waals surface area contributed by atoms with E-state index in [2.05, 4.69) is 4.74 Å². The highest BCUT2D eigenvalue weighted by atomic mass is 16.5. The molecule has 0 saturated carbocycles. The molecule has 12 heavy (non-hydrogen) atoms. The lowest BCUT2D eigenvalue weighted by molar-refractivity contribution is 0.440. The Balaban J connectivity index is 3.16. The third-order valence-electron chi connectivity index (χ3n) is 2.16. The first kappa shape index (κ1) is 8.78. The summed E-state index contributed by atoms with van der Waals surface area (Å²) in [6, 6.07) is 3.71. The van der Waals surface area contributed by atoms with Gasteiger partial charge in [-0.3, -0.25) is 0 Å². The molecule has 1 aromatic carbocycles. The molecule has 0 atom stereocenters. The van der Waals surface area contributed by atoms with Crippen molar-refractivity contribution < 1.29 is 9.53 Å². The van der Waals surface area contributed by atoms with E-state index in [1.165, 1.54) is 12.0 Å². The Kier molecular flexibility index (Phi) is 2.48. The average Bonchev–Trinajstić information content (AvgIpc) is 2.07. The number of rotatable bonds is 2. The summed E-state index contributed by atoms with van der Waals surface area (Å²) in [5.74, 6) is 0.591. The third kappa shape index (κ3) is 1.47. The van der Waals surface area contributed by atoms with Gasteiger partial charge in [0.05, 0.1) is 0 Å². The van der Waals surface area contributed by atoms with E-state index in [1.807, 2.05) is 26.8 Å². The molecule has 0 aromatic heterocycles. The zero-order chi connectivity index (χ0) is 9.14. The molecule has 0 heterocycles. The van der Waals surface area contributed by atoms with Gasteiger partial charge in [-0.15, -0.1) is 0 Å². The lowest BCUT2D eigenvalue weighted by Crippen LogP contribution is -1.94. The maximum atomic E-state index is 9.98. The molecule has 1 aromatic rings. The fourth-order valence-corrected chi connectivity index (χ4v) is 1.09. The highest BCUT2D eigenvalue weighted by Gasteiger charge is 2.03. The smallest absolute Gasteiger partial charge is 0.418 e. The van der Waals surface area contributed by atoms with Gasteiger partial charge in [0.2, 0.25) is 0 Å². The highest BCUT2D eigenvalue weighted by Crippen LogP contribution is 2.22. The van der Waals surface area contributed by atoms with E-state index in [0.717, 1.165) is 11.1 Å². The van der Waals surface area contributed by atoms with Crippen LogP contribution in [-0.2, 0) is 4.79 Å². The molecule has 0 N–H and O–H groups in total. The van der Waals surface area contributed by atoms with Gasteiger partial charge in [-0.1, -0.05) is 6.07 Å². The molecule has 63 valence electrons. The summed E-state index contributed by atoms with van der Waals surface area (Å²) >= 11 is 0. The Bertz CT molecular complexity index is 303. The number of hydrogen-bond acceptors (Lipinski definition) is 2. The zero-order valence-corrected chi connectivity index (χ0v) is 7.47. The standard InChI is InChI=1S/C10H11O2/c1-7-4-5-10(12-6-11)9(3)8(7)2/h4-5H,1-3H3. The summed E-state index contributed by atoms with van der Waals surface area (Å²) in [5, 5.41) is 0. The fourth-order valence-electron chi connectivity index (χ4n) is 1.09. The van der Waals surface area contributed by atoms with Crippen LogP contribution < -0.4 is 4.74 Å². The number of carbonyl (C=O) groups excluding carboxylic acids is 1. The van der Waals surface area contributed by atoms with Crippen LogP contribution in [0.1, 0.15) is 16.7 Å². The van der Waals surface area contributed by atoms with Crippen LogP contribution in [-0.4, -0.2) is 6.47 Å². The summed E-state index contributed by atoms with van der Waals surface area (Å²) in [6.45, 7) is 7.37. The Morgan fingerprint density at radius 3 is 2.42 bits per heavy atom. The second kappa shape index (κ2) is 3.39. The third-order valence-corrected chi connectivity index (χ3v) is 2.16. The molecule has 0 bridgehead atoms. The maximum Gasteiger partial charge on any atom is 0.423 e. The van der Waals surface area contributed by atoms with Gasteiger partial charge in [-0.2, -0.15) is 0 Å². The van der Waals surface area contributed by atoms with Gasteiger partial charge in [0, 0.05) is 0 Å². The van der Waals surface area contributed by atoms with Crippen molar-refractivity contribution in [2.45, 2.75) is 20.8 Å². The van der Waals surface area contributed by atoms with E-state index in [0.29, 0.717) is 5.75 Å². The van der Waals surface area contributed by atoms with Gasteiger partial charge in [0.1, 0.15) is 5.75 Å². The first-order chi connectivity index (χ1) is 5.66. The molecule has 1 radical (unpaired) electrons. The second-order valence-electron chi connectivity index (χ2n) is 2.82. The summed E-state index contributed by atoms with van der Waals surface area (Å²) in [7, 11) is 0. The maximum absolute atomic E-state index is 9.98. The van der Waals surface area contributed by atoms with Crippen molar-refractivity contribution >= 4 is 6.47 Å². The van der Waals surface area contributed by atoms with Crippen molar-refractivity contribution in [3.63, 3.8) is 0 Å². The van der Waals surface area contributed by atoms with Crippen molar-refractivity contribution in [2.24, 2.45) is 0 Å². The molecule has 1 rings (SSSR count). The normalized spacial score (nSPS) is 9.58. The molecule has 0 aliphatic carbocycles. The van der Waals surface area contributed by atoms with E-state index in [4.69, 9.17) is 0 Å². The Labute approximate surface area is 72.2 Å². The van der Waals surface area contributed by atoms with Crippen LogP contribution in [0.3, 0.4) is 0 Å². The van der Waals surface area contributed by atoms with Crippen molar-refractivity contribution in [2.75, 3.05) is 0 Å².